The van der Waals surface area contributed by atoms with E-state index in [0.717, 1.165) is 4.90 Å². The lowest BCUT2D eigenvalue weighted by Crippen LogP contribution is -2.54. The number of carbonyl (C=O) groups is 4. The number of imide groups is 1. The summed E-state index contributed by atoms with van der Waals surface area (Å²) in [5.41, 5.74) is 2.36. The van der Waals surface area contributed by atoms with Crippen LogP contribution in [0.15, 0.2) is 18.2 Å². The largest absolute Gasteiger partial charge is 0.496 e. The topological polar surface area (TPSA) is 126 Å². The van der Waals surface area contributed by atoms with E-state index in [2.05, 4.69) is 16.1 Å². The van der Waals surface area contributed by atoms with Gasteiger partial charge < -0.3 is 15.4 Å². The van der Waals surface area contributed by atoms with Gasteiger partial charge in [0.1, 0.15) is 18.3 Å². The van der Waals surface area contributed by atoms with Crippen molar-refractivity contribution in [3.05, 3.63) is 28.8 Å². The molecule has 1 unspecified atom stereocenters. The third kappa shape index (κ3) is 7.61. The number of methoxy groups -OCH3 is 1. The minimum atomic E-state index is -0.953. The fraction of sp³-hybridized carbons (Fsp3) is 0.545. The molecule has 1 aliphatic heterocycles. The second-order valence-electron chi connectivity index (χ2n) is 8.68. The Morgan fingerprint density at radius 1 is 1.30 bits per heavy atom. The van der Waals surface area contributed by atoms with Gasteiger partial charge in [-0.05, 0) is 57.4 Å². The quantitative estimate of drug-likeness (QED) is 0.509. The molecule has 1 saturated heterocycles. The van der Waals surface area contributed by atoms with Crippen molar-refractivity contribution < 1.29 is 28.8 Å². The lowest BCUT2D eigenvalue weighted by atomic mass is 9.97. The second-order valence-corrected chi connectivity index (χ2v) is 9.11. The van der Waals surface area contributed by atoms with E-state index in [-0.39, 0.29) is 19.4 Å². The number of nitrogens with one attached hydrogen (secondary N) is 3. The summed E-state index contributed by atoms with van der Waals surface area (Å²) < 4.78 is 5.34. The van der Waals surface area contributed by atoms with Gasteiger partial charge in [-0.15, -0.1) is 0 Å². The van der Waals surface area contributed by atoms with Crippen molar-refractivity contribution >= 4 is 35.4 Å². The van der Waals surface area contributed by atoms with Gasteiger partial charge in [0, 0.05) is 11.6 Å². The molecule has 5 amide bonds. The molecule has 1 aliphatic rings. The van der Waals surface area contributed by atoms with Crippen LogP contribution in [0.4, 0.5) is 4.79 Å². The molecule has 33 heavy (non-hydrogen) atoms. The standard InChI is InChI=1S/C22H31ClN4O6/c1-6-16(19(29)26-33-22(2,3)4)25-21(31)27-12-18(28)24-11-14(20(27)30)9-13-10-15(23)7-8-17(13)32-5/h7-8,10,14,16H,6,9,11-12H2,1-5H3,(H,24,28)(H,25,31)(H,26,29)/t14?,16-/m1/s1. The first kappa shape index (κ1) is 26.4. The second kappa shape index (κ2) is 11.3. The minimum Gasteiger partial charge on any atom is -0.496 e. The molecule has 0 aliphatic carbocycles. The van der Waals surface area contributed by atoms with Crippen LogP contribution in [0, 0.1) is 5.92 Å². The van der Waals surface area contributed by atoms with Crippen LogP contribution in [0.5, 0.6) is 5.75 Å². The Morgan fingerprint density at radius 3 is 2.61 bits per heavy atom. The molecule has 0 spiro atoms. The number of hydroxylamine groups is 1. The van der Waals surface area contributed by atoms with E-state index in [0.29, 0.717) is 16.3 Å². The van der Waals surface area contributed by atoms with Gasteiger partial charge in [-0.3, -0.25) is 24.1 Å². The Bertz CT molecular complexity index is 901. The Labute approximate surface area is 198 Å². The van der Waals surface area contributed by atoms with E-state index in [9.17, 15) is 19.2 Å². The van der Waals surface area contributed by atoms with Gasteiger partial charge in [-0.2, -0.15) is 0 Å². The molecule has 0 aromatic heterocycles. The van der Waals surface area contributed by atoms with Crippen molar-refractivity contribution in [3.63, 3.8) is 0 Å². The molecule has 2 atom stereocenters. The summed E-state index contributed by atoms with van der Waals surface area (Å²) in [7, 11) is 1.50. The first-order valence-electron chi connectivity index (χ1n) is 10.6. The number of halogens is 1. The lowest BCUT2D eigenvalue weighted by molar-refractivity contribution is -0.147. The highest BCUT2D eigenvalue weighted by Gasteiger charge is 2.35. The number of rotatable bonds is 7. The Morgan fingerprint density at radius 2 is 2.00 bits per heavy atom. The molecule has 182 valence electrons. The summed E-state index contributed by atoms with van der Waals surface area (Å²) in [4.78, 5) is 56.8. The predicted molar refractivity (Wildman–Crippen MR) is 122 cm³/mol. The van der Waals surface area contributed by atoms with E-state index in [4.69, 9.17) is 21.2 Å². The van der Waals surface area contributed by atoms with Crippen LogP contribution in [0.3, 0.4) is 0 Å². The molecular formula is C22H31ClN4O6. The summed E-state index contributed by atoms with van der Waals surface area (Å²) in [6, 6.07) is 3.24. The summed E-state index contributed by atoms with van der Waals surface area (Å²) in [5.74, 6) is -1.78. The molecular weight excluding hydrogens is 452 g/mol. The zero-order valence-corrected chi connectivity index (χ0v) is 20.2. The number of amides is 5. The van der Waals surface area contributed by atoms with Gasteiger partial charge in [0.25, 0.3) is 5.91 Å². The molecule has 1 heterocycles. The SMILES string of the molecule is CC[C@@H](NC(=O)N1CC(=O)NCC(Cc2cc(Cl)ccc2OC)C1=O)C(=O)NOC(C)(C)C. The highest BCUT2D eigenvalue weighted by Crippen LogP contribution is 2.26. The van der Waals surface area contributed by atoms with Crippen LogP contribution in [-0.2, 0) is 25.6 Å². The maximum atomic E-state index is 13.2. The molecule has 1 aromatic rings. The van der Waals surface area contributed by atoms with Crippen molar-refractivity contribution in [1.29, 1.82) is 0 Å². The number of urea groups is 1. The van der Waals surface area contributed by atoms with Crippen LogP contribution < -0.4 is 20.9 Å². The fourth-order valence-corrected chi connectivity index (χ4v) is 3.37. The van der Waals surface area contributed by atoms with Gasteiger partial charge in [-0.1, -0.05) is 18.5 Å². The number of carbonyl (C=O) groups excluding carboxylic acids is 4. The van der Waals surface area contributed by atoms with Crippen LogP contribution in [-0.4, -0.2) is 60.5 Å². The fourth-order valence-electron chi connectivity index (χ4n) is 3.18. The molecule has 0 bridgehead atoms. The van der Waals surface area contributed by atoms with Crippen molar-refractivity contribution in [2.24, 2.45) is 5.92 Å². The molecule has 1 fully saturated rings. The Hall–Kier alpha value is -2.85. The number of ether oxygens (including phenoxy) is 1. The first-order chi connectivity index (χ1) is 15.4. The maximum absolute atomic E-state index is 13.2. The summed E-state index contributed by atoms with van der Waals surface area (Å²) in [6.07, 6.45) is 0.451. The first-order valence-corrected chi connectivity index (χ1v) is 11.0. The normalized spacial score (nSPS) is 17.6. The van der Waals surface area contributed by atoms with Crippen molar-refractivity contribution in [2.45, 2.75) is 52.2 Å². The van der Waals surface area contributed by atoms with Crippen molar-refractivity contribution in [2.75, 3.05) is 20.2 Å². The van der Waals surface area contributed by atoms with E-state index in [1.54, 1.807) is 45.9 Å². The monoisotopic (exact) mass is 482 g/mol. The van der Waals surface area contributed by atoms with E-state index in [1.807, 2.05) is 0 Å². The molecule has 0 radical (unpaired) electrons. The van der Waals surface area contributed by atoms with Crippen LogP contribution in [0.1, 0.15) is 39.7 Å². The third-order valence-corrected chi connectivity index (χ3v) is 5.13. The van der Waals surface area contributed by atoms with Crippen molar-refractivity contribution in [3.8, 4) is 5.75 Å². The van der Waals surface area contributed by atoms with Gasteiger partial charge in [0.2, 0.25) is 11.8 Å². The maximum Gasteiger partial charge on any atom is 0.325 e. The zero-order valence-electron chi connectivity index (χ0n) is 19.5. The summed E-state index contributed by atoms with van der Waals surface area (Å²) >= 11 is 6.09. The number of nitrogens with zero attached hydrogens (tertiary/aromatic N) is 1. The van der Waals surface area contributed by atoms with Gasteiger partial charge in [-0.25, -0.2) is 10.3 Å². The van der Waals surface area contributed by atoms with E-state index < -0.39 is 47.9 Å². The zero-order chi connectivity index (χ0) is 24.8. The average Bonchev–Trinajstić information content (AvgIpc) is 2.89. The van der Waals surface area contributed by atoms with Gasteiger partial charge >= 0.3 is 6.03 Å². The van der Waals surface area contributed by atoms with Gasteiger partial charge in [0.05, 0.1) is 18.6 Å². The smallest absolute Gasteiger partial charge is 0.325 e. The molecule has 0 saturated carbocycles. The van der Waals surface area contributed by atoms with E-state index in [1.165, 1.54) is 7.11 Å². The highest BCUT2D eigenvalue weighted by molar-refractivity contribution is 6.30. The number of hydrogen-bond acceptors (Lipinski definition) is 6. The summed E-state index contributed by atoms with van der Waals surface area (Å²) in [6.45, 7) is 6.58. The van der Waals surface area contributed by atoms with Crippen molar-refractivity contribution in [1.82, 2.24) is 21.0 Å². The molecule has 3 N–H and O–H groups in total. The molecule has 10 nitrogen and oxygen atoms in total. The lowest BCUT2D eigenvalue weighted by Gasteiger charge is -2.26. The number of benzene rings is 1. The summed E-state index contributed by atoms with van der Waals surface area (Å²) in [5, 5.41) is 5.64. The molecule has 2 rings (SSSR count). The van der Waals surface area contributed by atoms with Crippen LogP contribution in [0.25, 0.3) is 0 Å². The highest BCUT2D eigenvalue weighted by atomic mass is 35.5. The van der Waals surface area contributed by atoms with Crippen LogP contribution >= 0.6 is 11.6 Å². The average molecular weight is 483 g/mol. The molecule has 1 aromatic carbocycles. The van der Waals surface area contributed by atoms with Gasteiger partial charge in [0.15, 0.2) is 0 Å². The molecule has 11 heteroatoms. The van der Waals surface area contributed by atoms with E-state index >= 15 is 0 Å². The number of hydrogen-bond donors (Lipinski definition) is 3. The Kier molecular flexibility index (Phi) is 9.07. The Balaban J connectivity index is 2.16. The minimum absolute atomic E-state index is 0.0498. The predicted octanol–water partition coefficient (Wildman–Crippen LogP) is 1.80. The van der Waals surface area contributed by atoms with Crippen LogP contribution in [0.2, 0.25) is 5.02 Å². The third-order valence-electron chi connectivity index (χ3n) is 4.90.